The Labute approximate surface area is 107 Å². The highest BCUT2D eigenvalue weighted by atomic mass is 16.5. The molecule has 0 aromatic heterocycles. The van der Waals surface area contributed by atoms with Gasteiger partial charge in [-0.05, 0) is 36.8 Å². The molecule has 0 radical (unpaired) electrons. The minimum absolute atomic E-state index is 0.0438. The van der Waals surface area contributed by atoms with Crippen molar-refractivity contribution >= 4 is 11.8 Å². The number of carbonyl (C=O) groups excluding carboxylic acids is 2. The van der Waals surface area contributed by atoms with Gasteiger partial charge in [0.2, 0.25) is 0 Å². The number of ether oxygens (including phenoxy) is 1. The number of hydrogen-bond acceptors (Lipinski definition) is 3. The van der Waals surface area contributed by atoms with Gasteiger partial charge in [0.15, 0.2) is 5.78 Å². The maximum absolute atomic E-state index is 12.1. The van der Waals surface area contributed by atoms with E-state index in [2.05, 4.69) is 19.9 Å². The smallest absolute Gasteiger partial charge is 0.335 e. The lowest BCUT2D eigenvalue weighted by atomic mass is 9.51. The summed E-state index contributed by atoms with van der Waals surface area (Å²) in [4.78, 5) is 23.9. The van der Waals surface area contributed by atoms with Crippen LogP contribution in [0.2, 0.25) is 0 Å². The Hall–Kier alpha value is -1.38. The third-order valence-electron chi connectivity index (χ3n) is 5.02. The Morgan fingerprint density at radius 1 is 1.33 bits per heavy atom. The molecule has 96 valence electrons. The van der Waals surface area contributed by atoms with Crippen LogP contribution >= 0.6 is 0 Å². The standard InChI is InChI=1S/C15H18O3/c1-9-4-5-15-8-12(9)18-13(17)11(15)6-10(16)7-14(15,2)3/h4,6,12H,5,7-8H2,1-3H3/t12-,15+/m1/s1. The molecule has 3 aliphatic rings. The lowest BCUT2D eigenvalue weighted by Crippen LogP contribution is -2.53. The van der Waals surface area contributed by atoms with E-state index < -0.39 is 0 Å². The van der Waals surface area contributed by atoms with Gasteiger partial charge in [0.25, 0.3) is 0 Å². The van der Waals surface area contributed by atoms with Gasteiger partial charge in [0.1, 0.15) is 6.10 Å². The zero-order chi connectivity index (χ0) is 13.1. The Morgan fingerprint density at radius 2 is 2.06 bits per heavy atom. The van der Waals surface area contributed by atoms with Crippen LogP contribution in [0.4, 0.5) is 0 Å². The second kappa shape index (κ2) is 3.34. The van der Waals surface area contributed by atoms with E-state index in [9.17, 15) is 9.59 Å². The Morgan fingerprint density at radius 3 is 2.78 bits per heavy atom. The molecule has 2 bridgehead atoms. The third kappa shape index (κ3) is 1.30. The summed E-state index contributed by atoms with van der Waals surface area (Å²) in [6.45, 7) is 6.21. The number of fused-ring (bicyclic) bond motifs is 1. The summed E-state index contributed by atoms with van der Waals surface area (Å²) < 4.78 is 5.45. The summed E-state index contributed by atoms with van der Waals surface area (Å²) in [7, 11) is 0. The van der Waals surface area contributed by atoms with Crippen molar-refractivity contribution in [3.05, 3.63) is 23.3 Å². The van der Waals surface area contributed by atoms with Gasteiger partial charge < -0.3 is 4.74 Å². The first kappa shape index (κ1) is 11.7. The molecule has 0 unspecified atom stereocenters. The van der Waals surface area contributed by atoms with Gasteiger partial charge in [-0.15, -0.1) is 0 Å². The molecule has 3 rings (SSSR count). The van der Waals surface area contributed by atoms with E-state index in [-0.39, 0.29) is 28.7 Å². The fourth-order valence-corrected chi connectivity index (χ4v) is 3.70. The Kier molecular flexibility index (Phi) is 2.17. The van der Waals surface area contributed by atoms with Crippen LogP contribution in [0.3, 0.4) is 0 Å². The lowest BCUT2D eigenvalue weighted by molar-refractivity contribution is -0.158. The molecule has 1 saturated heterocycles. The predicted molar refractivity (Wildman–Crippen MR) is 66.8 cm³/mol. The average Bonchev–Trinajstić information content (AvgIpc) is 2.26. The minimum atomic E-state index is -0.292. The molecule has 0 N–H and O–H groups in total. The van der Waals surface area contributed by atoms with Crippen molar-refractivity contribution < 1.29 is 14.3 Å². The van der Waals surface area contributed by atoms with Crippen molar-refractivity contribution in [2.24, 2.45) is 10.8 Å². The van der Waals surface area contributed by atoms with Crippen LogP contribution in [-0.4, -0.2) is 17.9 Å². The average molecular weight is 246 g/mol. The number of ketones is 1. The van der Waals surface area contributed by atoms with Crippen molar-refractivity contribution in [3.8, 4) is 0 Å². The molecule has 1 fully saturated rings. The minimum Gasteiger partial charge on any atom is -0.454 e. The molecular weight excluding hydrogens is 228 g/mol. The summed E-state index contributed by atoms with van der Waals surface area (Å²) in [6.07, 6.45) is 5.79. The second-order valence-corrected chi connectivity index (χ2v) is 6.42. The number of allylic oxidation sites excluding steroid dienone is 2. The predicted octanol–water partition coefficient (Wildman–Crippen LogP) is 2.56. The van der Waals surface area contributed by atoms with Crippen LogP contribution < -0.4 is 0 Å². The van der Waals surface area contributed by atoms with Gasteiger partial charge in [0, 0.05) is 17.4 Å². The molecule has 0 aromatic rings. The lowest BCUT2D eigenvalue weighted by Gasteiger charge is -2.55. The summed E-state index contributed by atoms with van der Waals surface area (Å²) >= 11 is 0. The van der Waals surface area contributed by atoms with Crippen molar-refractivity contribution in [1.82, 2.24) is 0 Å². The Bertz CT molecular complexity index is 510. The van der Waals surface area contributed by atoms with E-state index in [1.807, 2.05) is 6.92 Å². The van der Waals surface area contributed by atoms with E-state index in [0.29, 0.717) is 12.0 Å². The summed E-state index contributed by atoms with van der Waals surface area (Å²) in [5.41, 5.74) is 1.35. The highest BCUT2D eigenvalue weighted by Crippen LogP contribution is 2.60. The summed E-state index contributed by atoms with van der Waals surface area (Å²) in [5.74, 6) is -0.248. The fraction of sp³-hybridized carbons (Fsp3) is 0.600. The molecule has 1 aliphatic heterocycles. The molecule has 3 heteroatoms. The van der Waals surface area contributed by atoms with E-state index in [4.69, 9.17) is 4.74 Å². The Balaban J connectivity index is 2.20. The molecule has 2 aliphatic carbocycles. The first-order chi connectivity index (χ1) is 8.36. The molecule has 0 saturated carbocycles. The van der Waals surface area contributed by atoms with E-state index >= 15 is 0 Å². The number of carbonyl (C=O) groups is 2. The number of esters is 1. The van der Waals surface area contributed by atoms with Gasteiger partial charge in [-0.2, -0.15) is 0 Å². The monoisotopic (exact) mass is 246 g/mol. The highest BCUT2D eigenvalue weighted by Gasteiger charge is 2.58. The van der Waals surface area contributed by atoms with Gasteiger partial charge in [-0.3, -0.25) is 4.79 Å². The number of hydrogen-bond donors (Lipinski definition) is 0. The van der Waals surface area contributed by atoms with Crippen LogP contribution in [-0.2, 0) is 14.3 Å². The van der Waals surface area contributed by atoms with Gasteiger partial charge >= 0.3 is 5.97 Å². The molecule has 1 heterocycles. The second-order valence-electron chi connectivity index (χ2n) is 6.42. The molecule has 3 nitrogen and oxygen atoms in total. The van der Waals surface area contributed by atoms with Gasteiger partial charge in [0.05, 0.1) is 0 Å². The van der Waals surface area contributed by atoms with E-state index in [0.717, 1.165) is 18.4 Å². The zero-order valence-electron chi connectivity index (χ0n) is 11.1. The van der Waals surface area contributed by atoms with Crippen molar-refractivity contribution in [2.75, 3.05) is 0 Å². The zero-order valence-corrected chi connectivity index (χ0v) is 11.1. The van der Waals surface area contributed by atoms with Crippen LogP contribution in [0.15, 0.2) is 23.3 Å². The number of rotatable bonds is 0. The molecule has 0 amide bonds. The maximum atomic E-state index is 12.1. The van der Waals surface area contributed by atoms with Crippen LogP contribution in [0, 0.1) is 10.8 Å². The van der Waals surface area contributed by atoms with Crippen LogP contribution in [0.5, 0.6) is 0 Å². The normalized spacial score (nSPS) is 37.4. The maximum Gasteiger partial charge on any atom is 0.335 e. The molecule has 18 heavy (non-hydrogen) atoms. The fourth-order valence-electron chi connectivity index (χ4n) is 3.70. The summed E-state index contributed by atoms with van der Waals surface area (Å²) in [5, 5.41) is 0. The van der Waals surface area contributed by atoms with Crippen molar-refractivity contribution in [2.45, 2.75) is 46.1 Å². The highest BCUT2D eigenvalue weighted by molar-refractivity contribution is 6.03. The van der Waals surface area contributed by atoms with Crippen LogP contribution in [0.25, 0.3) is 0 Å². The first-order valence-electron chi connectivity index (χ1n) is 6.48. The third-order valence-corrected chi connectivity index (χ3v) is 5.02. The largest absolute Gasteiger partial charge is 0.454 e. The molecular formula is C15H18O3. The quantitative estimate of drug-likeness (QED) is 0.487. The van der Waals surface area contributed by atoms with E-state index in [1.54, 1.807) is 0 Å². The van der Waals surface area contributed by atoms with Crippen LogP contribution in [0.1, 0.15) is 40.0 Å². The van der Waals surface area contributed by atoms with Crippen molar-refractivity contribution in [1.29, 1.82) is 0 Å². The molecule has 0 aromatic carbocycles. The molecule has 2 atom stereocenters. The summed E-state index contributed by atoms with van der Waals surface area (Å²) in [6, 6.07) is 0. The van der Waals surface area contributed by atoms with E-state index in [1.165, 1.54) is 6.08 Å². The van der Waals surface area contributed by atoms with Crippen molar-refractivity contribution in [3.63, 3.8) is 0 Å². The van der Waals surface area contributed by atoms with Gasteiger partial charge in [-0.25, -0.2) is 4.79 Å². The SMILES string of the molecule is CC1=CC[C@]23C[C@H]1OC(=O)C2=CC(=O)CC3(C)C. The topological polar surface area (TPSA) is 43.4 Å². The van der Waals surface area contributed by atoms with Gasteiger partial charge in [-0.1, -0.05) is 19.9 Å². The first-order valence-corrected chi connectivity index (χ1v) is 6.48. The molecule has 1 spiro atoms.